The Kier molecular flexibility index (Phi) is 4.20. The van der Waals surface area contributed by atoms with E-state index in [9.17, 15) is 9.90 Å². The maximum Gasteiger partial charge on any atom is 0.252 e. The van der Waals surface area contributed by atoms with Gasteiger partial charge in [0.2, 0.25) is 5.95 Å². The van der Waals surface area contributed by atoms with Crippen molar-refractivity contribution in [3.05, 3.63) is 17.5 Å². The highest BCUT2D eigenvalue weighted by molar-refractivity contribution is 5.93. The lowest BCUT2D eigenvalue weighted by atomic mass is 9.52. The first kappa shape index (κ1) is 18.3. The molecule has 3 N–H and O–H groups in total. The molecule has 1 aromatic rings. The van der Waals surface area contributed by atoms with Crippen LogP contribution in [0.3, 0.4) is 0 Å². The number of amides is 1. The Balaban J connectivity index is 1.52. The number of nitrogens with two attached hydrogens (primary N) is 1. The van der Waals surface area contributed by atoms with Crippen LogP contribution in [0.4, 0.5) is 5.95 Å². The van der Waals surface area contributed by atoms with Crippen LogP contribution in [0.1, 0.15) is 87.2 Å². The Morgan fingerprint density at radius 3 is 2.43 bits per heavy atom. The summed E-state index contributed by atoms with van der Waals surface area (Å²) in [4.78, 5) is 23.9. The minimum atomic E-state index is -0.441. The Hall–Kier alpha value is -1.69. The maximum absolute atomic E-state index is 11.9. The molecule has 0 aromatic carbocycles. The van der Waals surface area contributed by atoms with Gasteiger partial charge < -0.3 is 15.7 Å². The highest BCUT2D eigenvalue weighted by Crippen LogP contribution is 2.57. The van der Waals surface area contributed by atoms with E-state index in [4.69, 9.17) is 10.7 Å². The molecule has 5 fully saturated rings. The van der Waals surface area contributed by atoms with Crippen molar-refractivity contribution in [1.29, 1.82) is 0 Å². The number of hydrogen-bond donors (Lipinski definition) is 2. The third-order valence-corrected chi connectivity index (χ3v) is 7.86. The molecule has 1 amide bonds. The fraction of sp³-hybridized carbons (Fsp3) is 0.773. The lowest BCUT2D eigenvalue weighted by Crippen LogP contribution is -2.63. The van der Waals surface area contributed by atoms with Gasteiger partial charge in [-0.3, -0.25) is 4.79 Å². The number of carbonyl (C=O) groups excluding carboxylic acids is 1. The molecule has 6 nitrogen and oxygen atoms in total. The summed E-state index contributed by atoms with van der Waals surface area (Å²) in [6, 6.07) is 0.649. The van der Waals surface area contributed by atoms with Gasteiger partial charge in [0.05, 0.1) is 16.9 Å². The Bertz CT molecular complexity index is 775. The van der Waals surface area contributed by atoms with Gasteiger partial charge in [0, 0.05) is 24.2 Å². The smallest absolute Gasteiger partial charge is 0.252 e. The van der Waals surface area contributed by atoms with E-state index in [1.807, 2.05) is 0 Å². The van der Waals surface area contributed by atoms with Gasteiger partial charge >= 0.3 is 0 Å². The van der Waals surface area contributed by atoms with Crippen LogP contribution in [0, 0.1) is 17.8 Å². The summed E-state index contributed by atoms with van der Waals surface area (Å²) in [5, 5.41) is 11.0. The molecule has 6 rings (SSSR count). The van der Waals surface area contributed by atoms with Crippen molar-refractivity contribution in [1.82, 2.24) is 9.97 Å². The fourth-order valence-electron chi connectivity index (χ4n) is 6.81. The molecule has 0 radical (unpaired) electrons. The molecule has 2 unspecified atom stereocenters. The van der Waals surface area contributed by atoms with E-state index in [0.717, 1.165) is 43.7 Å². The van der Waals surface area contributed by atoms with Crippen molar-refractivity contribution < 1.29 is 9.90 Å². The van der Waals surface area contributed by atoms with E-state index < -0.39 is 11.5 Å². The zero-order chi connectivity index (χ0) is 19.6. The highest BCUT2D eigenvalue weighted by atomic mass is 16.3. The number of nitrogens with zero attached hydrogens (tertiary/aromatic N) is 3. The van der Waals surface area contributed by atoms with E-state index in [-0.39, 0.29) is 6.04 Å². The first-order chi connectivity index (χ1) is 13.3. The molecule has 0 aliphatic heterocycles. The van der Waals surface area contributed by atoms with Crippen LogP contribution in [-0.4, -0.2) is 38.7 Å². The number of hydrogen-bond acceptors (Lipinski definition) is 5. The van der Waals surface area contributed by atoms with Crippen LogP contribution in [0.25, 0.3) is 0 Å². The summed E-state index contributed by atoms with van der Waals surface area (Å²) in [7, 11) is 0. The van der Waals surface area contributed by atoms with Gasteiger partial charge in [0.1, 0.15) is 0 Å². The van der Waals surface area contributed by atoms with Gasteiger partial charge in [-0.2, -0.15) is 0 Å². The zero-order valence-electron chi connectivity index (χ0n) is 17.0. The number of anilines is 1. The first-order valence-corrected chi connectivity index (χ1v) is 11.0. The van der Waals surface area contributed by atoms with Crippen LogP contribution in [0.5, 0.6) is 0 Å². The van der Waals surface area contributed by atoms with Crippen molar-refractivity contribution in [2.24, 2.45) is 23.5 Å². The van der Waals surface area contributed by atoms with E-state index in [1.54, 1.807) is 6.20 Å². The fourth-order valence-corrected chi connectivity index (χ4v) is 6.81. The van der Waals surface area contributed by atoms with Crippen LogP contribution in [0.15, 0.2) is 6.20 Å². The molecular weight excluding hydrogens is 352 g/mol. The average Bonchev–Trinajstić information content (AvgIpc) is 2.54. The van der Waals surface area contributed by atoms with Crippen LogP contribution in [-0.2, 0) is 0 Å². The van der Waals surface area contributed by atoms with Gasteiger partial charge in [-0.15, -0.1) is 0 Å². The standard InChI is InChI=1S/C22H32N4O2/c1-12(2)26(19-15-6-13-7-16(19)10-22(28,8-13)9-15)21-24-11-17(20(23)27)18(25-21)14-4-3-5-14/h11-16,19,28H,3-10H2,1-2H3,(H2,23,27). The quantitative estimate of drug-likeness (QED) is 0.814. The monoisotopic (exact) mass is 384 g/mol. The number of aromatic nitrogens is 2. The van der Waals surface area contributed by atoms with Crippen LogP contribution in [0.2, 0.25) is 0 Å². The van der Waals surface area contributed by atoms with Crippen molar-refractivity contribution in [3.8, 4) is 0 Å². The Morgan fingerprint density at radius 2 is 1.93 bits per heavy atom. The summed E-state index contributed by atoms with van der Waals surface area (Å²) in [5.41, 5.74) is 6.50. The third kappa shape index (κ3) is 2.83. The molecule has 5 saturated carbocycles. The number of carbonyl (C=O) groups is 1. The van der Waals surface area contributed by atoms with E-state index >= 15 is 0 Å². The first-order valence-electron chi connectivity index (χ1n) is 11.0. The molecule has 5 aliphatic carbocycles. The minimum Gasteiger partial charge on any atom is -0.390 e. The molecule has 6 heteroatoms. The molecule has 2 atom stereocenters. The molecular formula is C22H32N4O2. The molecule has 1 aromatic heterocycles. The van der Waals surface area contributed by atoms with Gasteiger partial charge in [-0.1, -0.05) is 6.42 Å². The normalized spacial score (nSPS) is 36.6. The molecule has 1 heterocycles. The molecule has 28 heavy (non-hydrogen) atoms. The van der Waals surface area contributed by atoms with Gasteiger partial charge in [-0.25, -0.2) is 9.97 Å². The predicted octanol–water partition coefficient (Wildman–Crippen LogP) is 3.00. The Morgan fingerprint density at radius 1 is 1.25 bits per heavy atom. The van der Waals surface area contributed by atoms with Gasteiger partial charge in [0.25, 0.3) is 5.91 Å². The number of primary amides is 1. The summed E-state index contributed by atoms with van der Waals surface area (Å²) in [5.74, 6) is 2.33. The minimum absolute atomic E-state index is 0.269. The second-order valence-corrected chi connectivity index (χ2v) is 10.1. The SMILES string of the molecule is CC(C)N(c1ncc(C(N)=O)c(C2CCC2)n1)C1C2CC3CC1CC(O)(C3)C2. The molecule has 5 aliphatic rings. The highest BCUT2D eigenvalue weighted by Gasteiger charge is 2.56. The second kappa shape index (κ2) is 6.41. The van der Waals surface area contributed by atoms with Crippen molar-refractivity contribution in [3.63, 3.8) is 0 Å². The summed E-state index contributed by atoms with van der Waals surface area (Å²) in [6.07, 6.45) is 10.2. The van der Waals surface area contributed by atoms with Gasteiger partial charge in [-0.05, 0) is 76.5 Å². The second-order valence-electron chi connectivity index (χ2n) is 10.1. The van der Waals surface area contributed by atoms with E-state index in [1.165, 1.54) is 19.3 Å². The van der Waals surface area contributed by atoms with E-state index in [0.29, 0.717) is 35.3 Å². The lowest BCUT2D eigenvalue weighted by molar-refractivity contribution is -0.134. The van der Waals surface area contributed by atoms with Gasteiger partial charge in [0.15, 0.2) is 0 Å². The molecule has 152 valence electrons. The third-order valence-electron chi connectivity index (χ3n) is 7.86. The Labute approximate surface area is 166 Å². The lowest BCUT2D eigenvalue weighted by Gasteiger charge is -2.60. The topological polar surface area (TPSA) is 92.3 Å². The van der Waals surface area contributed by atoms with Crippen molar-refractivity contribution >= 4 is 11.9 Å². The number of aliphatic hydroxyl groups is 1. The summed E-state index contributed by atoms with van der Waals surface area (Å²) >= 11 is 0. The number of rotatable bonds is 5. The average molecular weight is 385 g/mol. The maximum atomic E-state index is 11.9. The molecule has 4 bridgehead atoms. The van der Waals surface area contributed by atoms with Crippen molar-refractivity contribution in [2.45, 2.75) is 88.8 Å². The zero-order valence-corrected chi connectivity index (χ0v) is 17.0. The summed E-state index contributed by atoms with van der Waals surface area (Å²) < 4.78 is 0. The molecule has 0 spiro atoms. The van der Waals surface area contributed by atoms with E-state index in [2.05, 4.69) is 23.7 Å². The van der Waals surface area contributed by atoms with Crippen LogP contribution >= 0.6 is 0 Å². The predicted molar refractivity (Wildman–Crippen MR) is 107 cm³/mol. The molecule has 0 saturated heterocycles. The van der Waals surface area contributed by atoms with Crippen molar-refractivity contribution in [2.75, 3.05) is 4.90 Å². The summed E-state index contributed by atoms with van der Waals surface area (Å²) in [6.45, 7) is 4.41. The van der Waals surface area contributed by atoms with Crippen LogP contribution < -0.4 is 10.6 Å². The largest absolute Gasteiger partial charge is 0.390 e.